The summed E-state index contributed by atoms with van der Waals surface area (Å²) < 4.78 is 5.03. The smallest absolute Gasteiger partial charge is 0.326 e. The highest BCUT2D eigenvalue weighted by molar-refractivity contribution is 6.42. The van der Waals surface area contributed by atoms with Crippen molar-refractivity contribution < 1.29 is 9.53 Å². The molecule has 134 valence electrons. The number of halogens is 2. The van der Waals surface area contributed by atoms with Crippen LogP contribution in [0.15, 0.2) is 18.2 Å². The molecule has 3 N–H and O–H groups in total. The van der Waals surface area contributed by atoms with Crippen LogP contribution in [0.5, 0.6) is 6.01 Å². The van der Waals surface area contributed by atoms with Gasteiger partial charge in [-0.2, -0.15) is 15.0 Å². The minimum Gasteiger partial charge on any atom is -0.467 e. The molecule has 0 saturated carbocycles. The van der Waals surface area contributed by atoms with Crippen LogP contribution in [-0.2, 0) is 0 Å². The van der Waals surface area contributed by atoms with E-state index in [1.807, 2.05) is 20.8 Å². The van der Waals surface area contributed by atoms with Crippen LogP contribution >= 0.6 is 23.2 Å². The van der Waals surface area contributed by atoms with Crippen molar-refractivity contribution in [2.75, 3.05) is 23.1 Å². The van der Waals surface area contributed by atoms with Gasteiger partial charge < -0.3 is 15.4 Å². The maximum absolute atomic E-state index is 12.1. The van der Waals surface area contributed by atoms with Crippen molar-refractivity contribution in [1.82, 2.24) is 15.0 Å². The second kappa shape index (κ2) is 7.71. The number of rotatable bonds is 4. The van der Waals surface area contributed by atoms with E-state index in [1.165, 1.54) is 13.2 Å². The first-order valence-corrected chi connectivity index (χ1v) is 8.03. The van der Waals surface area contributed by atoms with Gasteiger partial charge in [-0.1, -0.05) is 23.2 Å². The number of carbonyl (C=O) groups is 1. The molecular weight excluding hydrogens is 367 g/mol. The number of urea groups is 1. The summed E-state index contributed by atoms with van der Waals surface area (Å²) in [6.45, 7) is 5.86. The zero-order chi connectivity index (χ0) is 18.6. The van der Waals surface area contributed by atoms with E-state index in [9.17, 15) is 4.79 Å². The highest BCUT2D eigenvalue weighted by atomic mass is 35.5. The highest BCUT2D eigenvalue weighted by Gasteiger charge is 2.15. The van der Waals surface area contributed by atoms with Gasteiger partial charge in [-0.15, -0.1) is 0 Å². The van der Waals surface area contributed by atoms with Crippen molar-refractivity contribution in [3.8, 4) is 6.01 Å². The number of ether oxygens (including phenoxy) is 1. The molecule has 0 aliphatic carbocycles. The quantitative estimate of drug-likeness (QED) is 0.734. The third-order valence-electron chi connectivity index (χ3n) is 2.69. The van der Waals surface area contributed by atoms with E-state index in [-0.39, 0.29) is 23.4 Å². The van der Waals surface area contributed by atoms with Crippen molar-refractivity contribution >= 4 is 46.8 Å². The molecule has 0 aliphatic heterocycles. The Kier molecular flexibility index (Phi) is 5.86. The Bertz CT molecular complexity index is 779. The molecule has 0 aliphatic rings. The predicted molar refractivity (Wildman–Crippen MR) is 98.9 cm³/mol. The lowest BCUT2D eigenvalue weighted by molar-refractivity contribution is 0.262. The first-order valence-electron chi connectivity index (χ1n) is 7.27. The summed E-state index contributed by atoms with van der Waals surface area (Å²) in [5.74, 6) is 0.320. The van der Waals surface area contributed by atoms with E-state index in [2.05, 4.69) is 30.9 Å². The summed E-state index contributed by atoms with van der Waals surface area (Å²) in [6.07, 6.45) is 0. The third kappa shape index (κ3) is 5.91. The number of benzene rings is 1. The molecule has 0 radical (unpaired) electrons. The van der Waals surface area contributed by atoms with Crippen LogP contribution in [0.1, 0.15) is 20.8 Å². The molecule has 1 heterocycles. The number of hydrogen-bond acceptors (Lipinski definition) is 6. The Balaban J connectivity index is 2.13. The van der Waals surface area contributed by atoms with Gasteiger partial charge in [0.25, 0.3) is 0 Å². The fourth-order valence-corrected chi connectivity index (χ4v) is 2.03. The lowest BCUT2D eigenvalue weighted by atomic mass is 10.1. The topological polar surface area (TPSA) is 101 Å². The van der Waals surface area contributed by atoms with Gasteiger partial charge in [0.2, 0.25) is 11.9 Å². The molecular formula is C15H18Cl2N6O2. The molecule has 10 heteroatoms. The van der Waals surface area contributed by atoms with Gasteiger partial charge in [-0.25, -0.2) is 4.79 Å². The summed E-state index contributed by atoms with van der Waals surface area (Å²) in [4.78, 5) is 24.3. The van der Waals surface area contributed by atoms with Crippen LogP contribution in [0.2, 0.25) is 10.0 Å². The molecule has 0 spiro atoms. The molecule has 0 atom stereocenters. The third-order valence-corrected chi connectivity index (χ3v) is 3.43. The molecule has 0 unspecified atom stereocenters. The normalized spacial score (nSPS) is 11.0. The van der Waals surface area contributed by atoms with Gasteiger partial charge in [0, 0.05) is 11.2 Å². The molecule has 2 rings (SSSR count). The zero-order valence-electron chi connectivity index (χ0n) is 14.1. The Labute approximate surface area is 155 Å². The minimum absolute atomic E-state index is 0.0381. The van der Waals surface area contributed by atoms with Crippen molar-refractivity contribution in [1.29, 1.82) is 0 Å². The summed E-state index contributed by atoms with van der Waals surface area (Å²) in [5.41, 5.74) is 0.201. The molecule has 0 saturated heterocycles. The summed E-state index contributed by atoms with van der Waals surface area (Å²) >= 11 is 11.8. The fourth-order valence-electron chi connectivity index (χ4n) is 1.73. The standard InChI is InChI=1S/C15H18Cl2N6O2/c1-15(2,3)23-12-19-11(21-14(22-12)25-4)20-13(24)18-8-5-6-9(16)10(17)7-8/h5-7H,1-4H3,(H3,18,19,20,21,22,23,24). The SMILES string of the molecule is COc1nc(NC(=O)Nc2ccc(Cl)c(Cl)c2)nc(NC(C)(C)C)n1. The maximum Gasteiger partial charge on any atom is 0.326 e. The molecule has 1 aromatic heterocycles. The van der Waals surface area contributed by atoms with Gasteiger partial charge in [0.1, 0.15) is 0 Å². The lowest BCUT2D eigenvalue weighted by Gasteiger charge is -2.20. The number of aromatic nitrogens is 3. The number of nitrogens with one attached hydrogen (secondary N) is 3. The largest absolute Gasteiger partial charge is 0.467 e. The van der Waals surface area contributed by atoms with Crippen LogP contribution in [0.3, 0.4) is 0 Å². The number of nitrogens with zero attached hydrogens (tertiary/aromatic N) is 3. The van der Waals surface area contributed by atoms with E-state index in [0.29, 0.717) is 15.7 Å². The molecule has 0 bridgehead atoms. The number of hydrogen-bond donors (Lipinski definition) is 3. The monoisotopic (exact) mass is 384 g/mol. The van der Waals surface area contributed by atoms with Crippen molar-refractivity contribution in [2.45, 2.75) is 26.3 Å². The molecule has 1 aromatic carbocycles. The Morgan fingerprint density at radius 1 is 1.04 bits per heavy atom. The summed E-state index contributed by atoms with van der Waals surface area (Å²) in [7, 11) is 1.43. The average molecular weight is 385 g/mol. The molecule has 0 fully saturated rings. The number of amides is 2. The van der Waals surface area contributed by atoms with Crippen molar-refractivity contribution in [2.24, 2.45) is 0 Å². The van der Waals surface area contributed by atoms with Crippen LogP contribution < -0.4 is 20.7 Å². The van der Waals surface area contributed by atoms with Crippen LogP contribution in [0.4, 0.5) is 22.4 Å². The summed E-state index contributed by atoms with van der Waals surface area (Å²) in [6, 6.07) is 4.26. The van der Waals surface area contributed by atoms with E-state index >= 15 is 0 Å². The second-order valence-corrected chi connectivity index (χ2v) is 6.87. The van der Waals surface area contributed by atoms with Gasteiger partial charge in [0.15, 0.2) is 0 Å². The van der Waals surface area contributed by atoms with Crippen LogP contribution in [-0.4, -0.2) is 33.6 Å². The van der Waals surface area contributed by atoms with Gasteiger partial charge >= 0.3 is 12.0 Å². The van der Waals surface area contributed by atoms with E-state index in [0.717, 1.165) is 0 Å². The molecule has 2 aromatic rings. The first-order chi connectivity index (χ1) is 11.7. The minimum atomic E-state index is -0.548. The maximum atomic E-state index is 12.1. The number of methoxy groups -OCH3 is 1. The fraction of sp³-hybridized carbons (Fsp3) is 0.333. The predicted octanol–water partition coefficient (Wildman–Crippen LogP) is 4.04. The van der Waals surface area contributed by atoms with Crippen molar-refractivity contribution in [3.63, 3.8) is 0 Å². The Morgan fingerprint density at radius 2 is 1.72 bits per heavy atom. The van der Waals surface area contributed by atoms with E-state index < -0.39 is 6.03 Å². The first kappa shape index (κ1) is 19.0. The van der Waals surface area contributed by atoms with Gasteiger partial charge in [-0.3, -0.25) is 5.32 Å². The van der Waals surface area contributed by atoms with E-state index in [1.54, 1.807) is 12.1 Å². The molecule has 8 nitrogen and oxygen atoms in total. The zero-order valence-corrected chi connectivity index (χ0v) is 15.7. The van der Waals surface area contributed by atoms with Crippen LogP contribution in [0.25, 0.3) is 0 Å². The summed E-state index contributed by atoms with van der Waals surface area (Å²) in [5, 5.41) is 8.94. The molecule has 25 heavy (non-hydrogen) atoms. The number of carbonyl (C=O) groups excluding carboxylic acids is 1. The highest BCUT2D eigenvalue weighted by Crippen LogP contribution is 2.25. The Hall–Kier alpha value is -2.32. The molecule has 2 amide bonds. The lowest BCUT2D eigenvalue weighted by Crippen LogP contribution is -2.28. The van der Waals surface area contributed by atoms with Crippen molar-refractivity contribution in [3.05, 3.63) is 28.2 Å². The van der Waals surface area contributed by atoms with Crippen LogP contribution in [0, 0.1) is 0 Å². The second-order valence-electron chi connectivity index (χ2n) is 6.05. The average Bonchev–Trinajstić information content (AvgIpc) is 2.48. The van der Waals surface area contributed by atoms with Gasteiger partial charge in [0.05, 0.1) is 17.2 Å². The number of anilines is 3. The van der Waals surface area contributed by atoms with E-state index in [4.69, 9.17) is 27.9 Å². The Morgan fingerprint density at radius 3 is 2.32 bits per heavy atom. The van der Waals surface area contributed by atoms with Gasteiger partial charge in [-0.05, 0) is 39.0 Å².